The van der Waals surface area contributed by atoms with Crippen LogP contribution in [0.2, 0.25) is 0 Å². The molecule has 2 amide bonds. The Bertz CT molecular complexity index is 718. The minimum atomic E-state index is -0.155. The molecule has 6 nitrogen and oxygen atoms in total. The van der Waals surface area contributed by atoms with E-state index in [2.05, 4.69) is 31.7 Å². The number of benzene rings is 1. The highest BCUT2D eigenvalue weighted by Crippen LogP contribution is 2.16. The van der Waals surface area contributed by atoms with Gasteiger partial charge in [-0.25, -0.2) is 4.68 Å². The molecule has 0 aliphatic heterocycles. The third kappa shape index (κ3) is 5.68. The molecule has 2 aromatic rings. The van der Waals surface area contributed by atoms with Gasteiger partial charge < -0.3 is 10.6 Å². The highest BCUT2D eigenvalue weighted by atomic mass is 79.9. The number of hydrogen-bond acceptors (Lipinski definition) is 4. The van der Waals surface area contributed by atoms with Crippen molar-refractivity contribution in [2.45, 2.75) is 19.9 Å². The highest BCUT2D eigenvalue weighted by Gasteiger charge is 2.10. The number of aromatic nitrogens is 2. The van der Waals surface area contributed by atoms with Crippen molar-refractivity contribution in [2.24, 2.45) is 0 Å². The van der Waals surface area contributed by atoms with E-state index in [-0.39, 0.29) is 29.4 Å². The predicted molar refractivity (Wildman–Crippen MR) is 101 cm³/mol. The van der Waals surface area contributed by atoms with Crippen LogP contribution >= 0.6 is 27.7 Å². The minimum absolute atomic E-state index is 0.141. The van der Waals surface area contributed by atoms with E-state index < -0.39 is 0 Å². The minimum Gasteiger partial charge on any atom is -0.325 e. The number of hydrogen-bond donors (Lipinski definition) is 2. The summed E-state index contributed by atoms with van der Waals surface area (Å²) in [5.74, 6) is 0.781. The number of amides is 2. The van der Waals surface area contributed by atoms with E-state index in [9.17, 15) is 9.59 Å². The van der Waals surface area contributed by atoms with Crippen molar-refractivity contribution in [3.8, 4) is 0 Å². The first-order valence-electron chi connectivity index (χ1n) is 7.42. The molecule has 0 bridgehead atoms. The summed E-state index contributed by atoms with van der Waals surface area (Å²) < 4.78 is 2.64. The molecular formula is C16H19BrN4O2S. The van der Waals surface area contributed by atoms with Crippen LogP contribution in [0.5, 0.6) is 0 Å². The van der Waals surface area contributed by atoms with Gasteiger partial charge in [0.2, 0.25) is 11.8 Å². The molecule has 0 spiro atoms. The first kappa shape index (κ1) is 18.5. The zero-order valence-corrected chi connectivity index (χ0v) is 15.9. The summed E-state index contributed by atoms with van der Waals surface area (Å²) in [5, 5.41) is 9.75. The quantitative estimate of drug-likeness (QED) is 0.731. The second kappa shape index (κ2) is 8.89. The Morgan fingerprint density at radius 3 is 2.58 bits per heavy atom. The van der Waals surface area contributed by atoms with Crippen LogP contribution in [0.4, 0.5) is 11.5 Å². The third-order valence-electron chi connectivity index (χ3n) is 3.00. The molecule has 2 rings (SSSR count). The molecule has 0 atom stereocenters. The maximum Gasteiger partial charge on any atom is 0.235 e. The fourth-order valence-electron chi connectivity index (χ4n) is 2.00. The van der Waals surface area contributed by atoms with Crippen molar-refractivity contribution in [1.29, 1.82) is 0 Å². The Morgan fingerprint density at radius 2 is 1.92 bits per heavy atom. The van der Waals surface area contributed by atoms with Gasteiger partial charge in [0.1, 0.15) is 5.82 Å². The summed E-state index contributed by atoms with van der Waals surface area (Å²) >= 11 is 4.61. The van der Waals surface area contributed by atoms with Crippen molar-refractivity contribution < 1.29 is 9.59 Å². The van der Waals surface area contributed by atoms with Gasteiger partial charge in [-0.15, -0.1) is 11.8 Å². The van der Waals surface area contributed by atoms with E-state index >= 15 is 0 Å². The molecule has 0 aliphatic rings. The van der Waals surface area contributed by atoms with E-state index in [1.54, 1.807) is 16.9 Å². The zero-order valence-electron chi connectivity index (χ0n) is 13.5. The molecule has 8 heteroatoms. The molecule has 0 radical (unpaired) electrons. The number of halogens is 1. The smallest absolute Gasteiger partial charge is 0.235 e. The van der Waals surface area contributed by atoms with Gasteiger partial charge in [-0.3, -0.25) is 9.59 Å². The maximum absolute atomic E-state index is 12.0. The van der Waals surface area contributed by atoms with Crippen LogP contribution in [0.15, 0.2) is 41.0 Å². The molecular weight excluding hydrogens is 392 g/mol. The summed E-state index contributed by atoms with van der Waals surface area (Å²) in [7, 11) is 0. The average molecular weight is 411 g/mol. The number of nitrogens with zero attached hydrogens (tertiary/aromatic N) is 2. The van der Waals surface area contributed by atoms with Crippen LogP contribution in [0.25, 0.3) is 0 Å². The van der Waals surface area contributed by atoms with Crippen LogP contribution in [0.1, 0.15) is 19.9 Å². The van der Waals surface area contributed by atoms with Gasteiger partial charge in [-0.2, -0.15) is 5.10 Å². The second-order valence-corrected chi connectivity index (χ2v) is 7.26. The Kier molecular flexibility index (Phi) is 6.86. The van der Waals surface area contributed by atoms with Gasteiger partial charge in [-0.05, 0) is 32.0 Å². The highest BCUT2D eigenvalue weighted by molar-refractivity contribution is 9.10. The van der Waals surface area contributed by atoms with Gasteiger partial charge in [0.05, 0.1) is 17.7 Å². The van der Waals surface area contributed by atoms with Gasteiger partial charge >= 0.3 is 0 Å². The lowest BCUT2D eigenvalue weighted by atomic mass is 10.3. The van der Waals surface area contributed by atoms with Crippen molar-refractivity contribution in [1.82, 2.24) is 9.78 Å². The molecule has 1 aromatic carbocycles. The van der Waals surface area contributed by atoms with Crippen LogP contribution in [0.3, 0.4) is 0 Å². The van der Waals surface area contributed by atoms with E-state index in [1.165, 1.54) is 11.8 Å². The first-order valence-corrected chi connectivity index (χ1v) is 9.37. The monoisotopic (exact) mass is 410 g/mol. The molecule has 128 valence electrons. The van der Waals surface area contributed by atoms with Crippen LogP contribution in [-0.4, -0.2) is 33.1 Å². The topological polar surface area (TPSA) is 76.0 Å². The molecule has 0 saturated carbocycles. The summed E-state index contributed by atoms with van der Waals surface area (Å²) in [4.78, 5) is 23.8. The van der Waals surface area contributed by atoms with E-state index in [0.717, 1.165) is 10.2 Å². The van der Waals surface area contributed by atoms with Crippen LogP contribution in [0, 0.1) is 0 Å². The fourth-order valence-corrected chi connectivity index (χ4v) is 3.02. The second-order valence-electron chi connectivity index (χ2n) is 5.35. The molecule has 1 heterocycles. The van der Waals surface area contributed by atoms with Gasteiger partial charge in [0, 0.05) is 22.3 Å². The summed E-state index contributed by atoms with van der Waals surface area (Å²) in [6.07, 6.45) is 1.65. The van der Waals surface area contributed by atoms with Gasteiger partial charge in [-0.1, -0.05) is 22.0 Å². The molecule has 0 unspecified atom stereocenters. The zero-order chi connectivity index (χ0) is 17.5. The van der Waals surface area contributed by atoms with Crippen molar-refractivity contribution in [3.63, 3.8) is 0 Å². The number of thioether (sulfide) groups is 1. The standard InChI is InChI=1S/C16H19BrN4O2S/c1-11(2)21-14(6-7-18-21)20-16(23)10-24-9-15(22)19-13-5-3-4-12(17)8-13/h3-8,11H,9-10H2,1-2H3,(H,19,22)(H,20,23). The van der Waals surface area contributed by atoms with Crippen LogP contribution < -0.4 is 10.6 Å². The number of rotatable bonds is 7. The predicted octanol–water partition coefficient (Wildman–Crippen LogP) is 3.54. The lowest BCUT2D eigenvalue weighted by Crippen LogP contribution is -2.20. The van der Waals surface area contributed by atoms with E-state index in [0.29, 0.717) is 5.82 Å². The first-order chi connectivity index (χ1) is 11.5. The maximum atomic E-state index is 12.0. The Hall–Kier alpha value is -1.80. The van der Waals surface area contributed by atoms with E-state index in [1.807, 2.05) is 38.1 Å². The van der Waals surface area contributed by atoms with Gasteiger partial charge in [0.25, 0.3) is 0 Å². The summed E-state index contributed by atoms with van der Waals surface area (Å²) in [6, 6.07) is 9.28. The molecule has 0 aliphatic carbocycles. The summed E-state index contributed by atoms with van der Waals surface area (Å²) in [5.41, 5.74) is 0.722. The number of anilines is 2. The van der Waals surface area contributed by atoms with E-state index in [4.69, 9.17) is 0 Å². The number of carbonyl (C=O) groups is 2. The molecule has 2 N–H and O–H groups in total. The van der Waals surface area contributed by atoms with Gasteiger partial charge in [0.15, 0.2) is 0 Å². The normalized spacial score (nSPS) is 10.7. The Morgan fingerprint density at radius 1 is 1.21 bits per heavy atom. The molecule has 0 saturated heterocycles. The van der Waals surface area contributed by atoms with Crippen molar-refractivity contribution in [2.75, 3.05) is 22.1 Å². The average Bonchev–Trinajstić information content (AvgIpc) is 2.95. The lowest BCUT2D eigenvalue weighted by Gasteiger charge is -2.11. The van der Waals surface area contributed by atoms with Crippen LogP contribution in [-0.2, 0) is 9.59 Å². The lowest BCUT2D eigenvalue weighted by molar-refractivity contribution is -0.114. The van der Waals surface area contributed by atoms with Crippen molar-refractivity contribution in [3.05, 3.63) is 41.0 Å². The molecule has 1 aromatic heterocycles. The largest absolute Gasteiger partial charge is 0.325 e. The SMILES string of the molecule is CC(C)n1nccc1NC(=O)CSCC(=O)Nc1cccc(Br)c1. The molecule has 0 fully saturated rings. The van der Waals surface area contributed by atoms with Crippen molar-refractivity contribution >= 4 is 51.0 Å². The fraction of sp³-hybridized carbons (Fsp3) is 0.312. The Labute approximate surface area is 153 Å². The Balaban J connectivity index is 1.74. The number of nitrogens with one attached hydrogen (secondary N) is 2. The summed E-state index contributed by atoms with van der Waals surface area (Å²) in [6.45, 7) is 3.98. The number of carbonyl (C=O) groups excluding carboxylic acids is 2. The third-order valence-corrected chi connectivity index (χ3v) is 4.43. The molecule has 24 heavy (non-hydrogen) atoms.